The number of carbonyl (C=O) groups excluding carboxylic acids is 1. The van der Waals surface area contributed by atoms with E-state index >= 15 is 0 Å². The summed E-state index contributed by atoms with van der Waals surface area (Å²) in [5.41, 5.74) is 0.834. The van der Waals surface area contributed by atoms with E-state index < -0.39 is 10.0 Å². The van der Waals surface area contributed by atoms with E-state index in [1.54, 1.807) is 11.2 Å². The highest BCUT2D eigenvalue weighted by Crippen LogP contribution is 2.41. The highest BCUT2D eigenvalue weighted by molar-refractivity contribution is 7.88. The molecular weight excluding hydrogens is 368 g/mol. The topological polar surface area (TPSA) is 111 Å². The predicted octanol–water partition coefficient (Wildman–Crippen LogP) is 0.180. The number of sulfonamides is 1. The van der Waals surface area contributed by atoms with Crippen molar-refractivity contribution in [2.75, 3.05) is 37.8 Å². The number of aromatic amines is 1. The lowest BCUT2D eigenvalue weighted by Crippen LogP contribution is -2.40. The van der Waals surface area contributed by atoms with Crippen molar-refractivity contribution in [3.05, 3.63) is 18.6 Å². The highest BCUT2D eigenvalue weighted by Gasteiger charge is 2.43. The van der Waals surface area contributed by atoms with Crippen molar-refractivity contribution in [1.82, 2.24) is 24.6 Å². The van der Waals surface area contributed by atoms with Crippen LogP contribution < -0.4 is 9.62 Å². The number of nitrogens with zero attached hydrogens (tertiary/aromatic N) is 4. The number of rotatable bonds is 5. The average molecular weight is 392 g/mol. The summed E-state index contributed by atoms with van der Waals surface area (Å²) in [5, 5.41) is 1.01. The molecule has 27 heavy (non-hydrogen) atoms. The number of likely N-dealkylation sites (tertiary alicyclic amines) is 1. The Morgan fingerprint density at radius 1 is 1.33 bits per heavy atom. The second kappa shape index (κ2) is 6.75. The van der Waals surface area contributed by atoms with Crippen LogP contribution in [0.2, 0.25) is 0 Å². The molecule has 2 unspecified atom stereocenters. The second-order valence-corrected chi connectivity index (χ2v) is 9.42. The molecule has 2 N–H and O–H groups in total. The van der Waals surface area contributed by atoms with E-state index in [4.69, 9.17) is 0 Å². The summed E-state index contributed by atoms with van der Waals surface area (Å²) in [6.45, 7) is 1.24. The molecule has 0 radical (unpaired) electrons. The van der Waals surface area contributed by atoms with Gasteiger partial charge in [0.25, 0.3) is 0 Å². The fourth-order valence-corrected chi connectivity index (χ4v) is 4.79. The molecule has 1 aliphatic heterocycles. The van der Waals surface area contributed by atoms with Gasteiger partial charge in [-0.05, 0) is 30.7 Å². The summed E-state index contributed by atoms with van der Waals surface area (Å²) < 4.78 is 24.6. The maximum absolute atomic E-state index is 12.2. The van der Waals surface area contributed by atoms with Crippen molar-refractivity contribution in [2.45, 2.75) is 18.9 Å². The van der Waals surface area contributed by atoms with Gasteiger partial charge in [0, 0.05) is 32.4 Å². The number of fused-ring (bicyclic) bond motifs is 2. The number of amides is 1. The molecule has 1 saturated heterocycles. The molecule has 2 fully saturated rings. The predicted molar refractivity (Wildman–Crippen MR) is 102 cm³/mol. The van der Waals surface area contributed by atoms with E-state index in [1.807, 2.05) is 12.3 Å². The highest BCUT2D eigenvalue weighted by atomic mass is 32.2. The van der Waals surface area contributed by atoms with Gasteiger partial charge in [0.2, 0.25) is 15.9 Å². The van der Waals surface area contributed by atoms with E-state index in [0.717, 1.165) is 35.9 Å². The van der Waals surface area contributed by atoms with Crippen molar-refractivity contribution >= 4 is 32.8 Å². The van der Waals surface area contributed by atoms with Crippen LogP contribution >= 0.6 is 0 Å². The zero-order valence-electron chi connectivity index (χ0n) is 15.4. The molecule has 3 heterocycles. The first-order chi connectivity index (χ1) is 12.8. The molecule has 0 bridgehead atoms. The third-order valence-corrected chi connectivity index (χ3v) is 6.45. The van der Waals surface area contributed by atoms with Crippen molar-refractivity contribution in [2.24, 2.45) is 11.8 Å². The van der Waals surface area contributed by atoms with Crippen LogP contribution in [-0.4, -0.2) is 73.2 Å². The van der Waals surface area contributed by atoms with Gasteiger partial charge in [0.1, 0.15) is 17.8 Å². The number of H-pyrrole nitrogens is 1. The fraction of sp³-hybridized carbons (Fsp3) is 0.588. The Bertz CT molecular complexity index is 944. The van der Waals surface area contributed by atoms with Crippen LogP contribution in [0.25, 0.3) is 11.0 Å². The Labute approximate surface area is 158 Å². The molecule has 0 aromatic carbocycles. The molecule has 9 nitrogen and oxygen atoms in total. The van der Waals surface area contributed by atoms with Gasteiger partial charge >= 0.3 is 0 Å². The third kappa shape index (κ3) is 3.63. The summed E-state index contributed by atoms with van der Waals surface area (Å²) in [7, 11) is -1.28. The zero-order chi connectivity index (χ0) is 19.2. The molecule has 2 aromatic rings. The molecule has 1 aliphatic carbocycles. The van der Waals surface area contributed by atoms with Crippen LogP contribution in [0.1, 0.15) is 12.8 Å². The van der Waals surface area contributed by atoms with Crippen molar-refractivity contribution in [3.8, 4) is 0 Å². The van der Waals surface area contributed by atoms with E-state index in [1.165, 1.54) is 0 Å². The molecule has 10 heteroatoms. The molecule has 4 rings (SSSR count). The first kappa shape index (κ1) is 18.2. The van der Waals surface area contributed by atoms with Gasteiger partial charge in [-0.2, -0.15) is 0 Å². The standard InChI is InChI=1S/C17H24N6O3S/c1-22(17-14-3-4-18-16(14)19-10-20-17)13-5-11-8-23(9-12(11)6-13)15(24)7-21-27(2,25)26/h3-4,10-13,21H,5-9H2,1-2H3,(H,18,19,20). The van der Waals surface area contributed by atoms with Gasteiger partial charge in [-0.15, -0.1) is 0 Å². The first-order valence-corrected chi connectivity index (χ1v) is 10.9. The smallest absolute Gasteiger partial charge is 0.237 e. The number of aromatic nitrogens is 3. The maximum atomic E-state index is 12.2. The van der Waals surface area contributed by atoms with Crippen LogP contribution in [0.5, 0.6) is 0 Å². The molecule has 2 atom stereocenters. The first-order valence-electron chi connectivity index (χ1n) is 9.05. The third-order valence-electron chi connectivity index (χ3n) is 5.78. The Kier molecular flexibility index (Phi) is 4.55. The monoisotopic (exact) mass is 392 g/mol. The minimum absolute atomic E-state index is 0.149. The zero-order valence-corrected chi connectivity index (χ0v) is 16.2. The lowest BCUT2D eigenvalue weighted by molar-refractivity contribution is -0.129. The summed E-state index contributed by atoms with van der Waals surface area (Å²) >= 11 is 0. The van der Waals surface area contributed by atoms with Gasteiger partial charge in [-0.1, -0.05) is 0 Å². The molecule has 2 aliphatic rings. The van der Waals surface area contributed by atoms with E-state index in [-0.39, 0.29) is 12.5 Å². The Morgan fingerprint density at radius 2 is 2.04 bits per heavy atom. The van der Waals surface area contributed by atoms with Gasteiger partial charge in [0.05, 0.1) is 18.2 Å². The van der Waals surface area contributed by atoms with Gasteiger partial charge < -0.3 is 14.8 Å². The lowest BCUT2D eigenvalue weighted by atomic mass is 10.0. The second-order valence-electron chi connectivity index (χ2n) is 7.59. The molecule has 2 aromatic heterocycles. The Balaban J connectivity index is 1.38. The summed E-state index contributed by atoms with van der Waals surface area (Å²) in [5.74, 6) is 1.67. The minimum Gasteiger partial charge on any atom is -0.356 e. The van der Waals surface area contributed by atoms with Crippen LogP contribution in [0.4, 0.5) is 5.82 Å². The molecule has 1 amide bonds. The number of hydrogen-bond acceptors (Lipinski definition) is 6. The lowest BCUT2D eigenvalue weighted by Gasteiger charge is -2.28. The molecular formula is C17H24N6O3S. The fourth-order valence-electron chi connectivity index (χ4n) is 4.41. The van der Waals surface area contributed by atoms with Gasteiger partial charge in [-0.25, -0.2) is 23.1 Å². The van der Waals surface area contributed by atoms with Crippen LogP contribution in [-0.2, 0) is 14.8 Å². The largest absolute Gasteiger partial charge is 0.356 e. The normalized spacial score (nSPS) is 25.1. The van der Waals surface area contributed by atoms with Crippen LogP contribution in [0, 0.1) is 11.8 Å². The quantitative estimate of drug-likeness (QED) is 0.751. The number of anilines is 1. The van der Waals surface area contributed by atoms with Gasteiger partial charge in [-0.3, -0.25) is 4.79 Å². The van der Waals surface area contributed by atoms with Crippen molar-refractivity contribution in [1.29, 1.82) is 0 Å². The summed E-state index contributed by atoms with van der Waals surface area (Å²) in [6.07, 6.45) is 6.51. The van der Waals surface area contributed by atoms with E-state index in [9.17, 15) is 13.2 Å². The van der Waals surface area contributed by atoms with E-state index in [2.05, 4.69) is 31.6 Å². The maximum Gasteiger partial charge on any atom is 0.237 e. The molecule has 0 spiro atoms. The number of carbonyl (C=O) groups is 1. The molecule has 1 saturated carbocycles. The average Bonchev–Trinajstić information content (AvgIpc) is 3.31. The van der Waals surface area contributed by atoms with Gasteiger partial charge in [0.15, 0.2) is 0 Å². The SMILES string of the molecule is CN(c1ncnc2[nH]ccc12)C1CC2CN(C(=O)CNS(C)(=O)=O)CC2C1. The Morgan fingerprint density at radius 3 is 2.70 bits per heavy atom. The van der Waals surface area contributed by atoms with Crippen molar-refractivity contribution < 1.29 is 13.2 Å². The molecule has 146 valence electrons. The number of nitrogens with one attached hydrogen (secondary N) is 2. The van der Waals surface area contributed by atoms with Crippen molar-refractivity contribution in [3.63, 3.8) is 0 Å². The Hall–Kier alpha value is -2.20. The minimum atomic E-state index is -3.35. The van der Waals surface area contributed by atoms with E-state index in [0.29, 0.717) is 31.0 Å². The van der Waals surface area contributed by atoms with Crippen LogP contribution in [0.15, 0.2) is 18.6 Å². The van der Waals surface area contributed by atoms with Crippen LogP contribution in [0.3, 0.4) is 0 Å². The number of hydrogen-bond donors (Lipinski definition) is 2. The summed E-state index contributed by atoms with van der Waals surface area (Å²) in [4.78, 5) is 28.1. The summed E-state index contributed by atoms with van der Waals surface area (Å²) in [6, 6.07) is 2.37.